The van der Waals surface area contributed by atoms with Gasteiger partial charge in [0.25, 0.3) is 0 Å². The van der Waals surface area contributed by atoms with Crippen LogP contribution in [0.4, 0.5) is 0 Å². The molecule has 0 radical (unpaired) electrons. The molecule has 0 atom stereocenters. The predicted octanol–water partition coefficient (Wildman–Crippen LogP) is 2.68. The van der Waals surface area contributed by atoms with Crippen LogP contribution in [0.5, 0.6) is 0 Å². The highest BCUT2D eigenvalue weighted by Gasteiger charge is 2.19. The molecule has 102 valence electrons. The molecule has 19 heavy (non-hydrogen) atoms. The van der Waals surface area contributed by atoms with Crippen LogP contribution in [0.25, 0.3) is 0 Å². The summed E-state index contributed by atoms with van der Waals surface area (Å²) in [6, 6.07) is 5.48. The minimum Gasteiger partial charge on any atom is -0.472 e. The zero-order valence-electron chi connectivity index (χ0n) is 11.2. The second-order valence-electron chi connectivity index (χ2n) is 4.68. The number of hydrogen-bond donors (Lipinski definition) is 1. The zero-order valence-corrected chi connectivity index (χ0v) is 12.0. The molecule has 1 N–H and O–H groups in total. The van der Waals surface area contributed by atoms with E-state index in [1.165, 1.54) is 12.5 Å². The van der Waals surface area contributed by atoms with E-state index in [9.17, 15) is 8.42 Å². The summed E-state index contributed by atoms with van der Waals surface area (Å²) in [5.41, 5.74) is 3.38. The molecule has 0 unspecified atom stereocenters. The van der Waals surface area contributed by atoms with Crippen LogP contribution >= 0.6 is 0 Å². The highest BCUT2D eigenvalue weighted by molar-refractivity contribution is 7.89. The Morgan fingerprint density at radius 3 is 2.32 bits per heavy atom. The van der Waals surface area contributed by atoms with Gasteiger partial charge >= 0.3 is 0 Å². The lowest BCUT2D eigenvalue weighted by atomic mass is 10.1. The van der Waals surface area contributed by atoms with Crippen LogP contribution in [0.2, 0.25) is 0 Å². The molecular weight excluding hydrogens is 262 g/mol. The SMILES string of the molecule is Cc1cc(C)c(S(=O)(=O)NCc2ccoc2)c(C)c1. The smallest absolute Gasteiger partial charge is 0.241 e. The van der Waals surface area contributed by atoms with Gasteiger partial charge in [-0.2, -0.15) is 0 Å². The van der Waals surface area contributed by atoms with Crippen molar-refractivity contribution in [1.29, 1.82) is 0 Å². The second-order valence-corrected chi connectivity index (χ2v) is 6.39. The average Bonchev–Trinajstić information content (AvgIpc) is 2.77. The Morgan fingerprint density at radius 2 is 1.79 bits per heavy atom. The number of furan rings is 1. The lowest BCUT2D eigenvalue weighted by molar-refractivity contribution is 0.561. The Hall–Kier alpha value is -1.59. The number of rotatable bonds is 4. The minimum absolute atomic E-state index is 0.228. The number of hydrogen-bond acceptors (Lipinski definition) is 3. The normalized spacial score (nSPS) is 11.7. The van der Waals surface area contributed by atoms with E-state index in [-0.39, 0.29) is 6.54 Å². The molecule has 2 aromatic rings. The molecule has 0 spiro atoms. The average molecular weight is 279 g/mol. The quantitative estimate of drug-likeness (QED) is 0.936. The topological polar surface area (TPSA) is 59.3 Å². The van der Waals surface area contributed by atoms with Crippen LogP contribution in [-0.2, 0) is 16.6 Å². The maximum absolute atomic E-state index is 12.3. The standard InChI is InChI=1S/C14H17NO3S/c1-10-6-11(2)14(12(3)7-10)19(16,17)15-8-13-4-5-18-9-13/h4-7,9,15H,8H2,1-3H3. The van der Waals surface area contributed by atoms with Gasteiger partial charge < -0.3 is 4.42 Å². The van der Waals surface area contributed by atoms with Crippen molar-refractivity contribution < 1.29 is 12.8 Å². The van der Waals surface area contributed by atoms with Crippen LogP contribution in [0.3, 0.4) is 0 Å². The fourth-order valence-electron chi connectivity index (χ4n) is 2.23. The van der Waals surface area contributed by atoms with Crippen molar-refractivity contribution in [2.75, 3.05) is 0 Å². The van der Waals surface area contributed by atoms with Crippen LogP contribution in [-0.4, -0.2) is 8.42 Å². The number of aryl methyl sites for hydroxylation is 3. The third kappa shape index (κ3) is 3.05. The highest BCUT2D eigenvalue weighted by atomic mass is 32.2. The molecule has 0 bridgehead atoms. The summed E-state index contributed by atoms with van der Waals surface area (Å²) in [5, 5.41) is 0. The lowest BCUT2D eigenvalue weighted by Gasteiger charge is -2.12. The third-order valence-corrected chi connectivity index (χ3v) is 4.63. The summed E-state index contributed by atoms with van der Waals surface area (Å²) < 4.78 is 32.2. The van der Waals surface area contributed by atoms with E-state index in [1.807, 2.05) is 32.9 Å². The molecule has 0 saturated carbocycles. The van der Waals surface area contributed by atoms with E-state index < -0.39 is 10.0 Å². The number of sulfonamides is 1. The fourth-order valence-corrected chi connectivity index (χ4v) is 3.70. The molecule has 0 aliphatic heterocycles. The summed E-state index contributed by atoms with van der Waals surface area (Å²) in [4.78, 5) is 0.363. The Kier molecular flexibility index (Phi) is 3.78. The number of nitrogens with one attached hydrogen (secondary N) is 1. The van der Waals surface area contributed by atoms with Gasteiger partial charge in [-0.1, -0.05) is 17.7 Å². The van der Waals surface area contributed by atoms with Gasteiger partial charge in [0, 0.05) is 12.1 Å². The molecule has 0 amide bonds. The van der Waals surface area contributed by atoms with E-state index in [0.717, 1.165) is 22.3 Å². The Morgan fingerprint density at radius 1 is 1.16 bits per heavy atom. The first kappa shape index (κ1) is 13.8. The van der Waals surface area contributed by atoms with Crippen LogP contribution < -0.4 is 4.72 Å². The minimum atomic E-state index is -3.51. The molecular formula is C14H17NO3S. The zero-order chi connectivity index (χ0) is 14.0. The summed E-state index contributed by atoms with van der Waals surface area (Å²) in [6.07, 6.45) is 3.05. The van der Waals surface area contributed by atoms with Crippen molar-refractivity contribution in [3.05, 3.63) is 53.0 Å². The van der Waals surface area contributed by atoms with Gasteiger partial charge in [0.05, 0.1) is 17.4 Å². The Labute approximate surface area is 113 Å². The Balaban J connectivity index is 2.29. The molecule has 0 saturated heterocycles. The van der Waals surface area contributed by atoms with E-state index >= 15 is 0 Å². The van der Waals surface area contributed by atoms with Crippen molar-refractivity contribution >= 4 is 10.0 Å². The number of benzene rings is 1. The first-order valence-electron chi connectivity index (χ1n) is 5.99. The monoisotopic (exact) mass is 279 g/mol. The van der Waals surface area contributed by atoms with Gasteiger partial charge in [0.2, 0.25) is 10.0 Å². The van der Waals surface area contributed by atoms with Gasteiger partial charge in [0.15, 0.2) is 0 Å². The summed E-state index contributed by atoms with van der Waals surface area (Å²) in [6.45, 7) is 5.81. The molecule has 2 rings (SSSR count). The largest absolute Gasteiger partial charge is 0.472 e. The van der Waals surface area contributed by atoms with E-state index in [1.54, 1.807) is 6.07 Å². The maximum Gasteiger partial charge on any atom is 0.241 e. The summed E-state index contributed by atoms with van der Waals surface area (Å²) >= 11 is 0. The van der Waals surface area contributed by atoms with Crippen molar-refractivity contribution in [2.45, 2.75) is 32.2 Å². The predicted molar refractivity (Wildman–Crippen MR) is 73.4 cm³/mol. The van der Waals surface area contributed by atoms with Crippen molar-refractivity contribution in [3.8, 4) is 0 Å². The molecule has 1 aromatic carbocycles. The molecule has 5 heteroatoms. The lowest BCUT2D eigenvalue weighted by Crippen LogP contribution is -2.24. The summed E-state index contributed by atoms with van der Waals surface area (Å²) in [7, 11) is -3.51. The van der Waals surface area contributed by atoms with Crippen LogP contribution in [0, 0.1) is 20.8 Å². The van der Waals surface area contributed by atoms with E-state index in [0.29, 0.717) is 4.90 Å². The van der Waals surface area contributed by atoms with Gasteiger partial charge in [-0.05, 0) is 38.0 Å². The molecule has 0 fully saturated rings. The van der Waals surface area contributed by atoms with Crippen molar-refractivity contribution in [2.24, 2.45) is 0 Å². The van der Waals surface area contributed by atoms with Crippen molar-refractivity contribution in [1.82, 2.24) is 4.72 Å². The first-order chi connectivity index (χ1) is 8.90. The molecule has 1 heterocycles. The summed E-state index contributed by atoms with van der Waals surface area (Å²) in [5.74, 6) is 0. The van der Waals surface area contributed by atoms with Gasteiger partial charge in [-0.25, -0.2) is 13.1 Å². The second kappa shape index (κ2) is 5.19. The third-order valence-electron chi connectivity index (χ3n) is 2.92. The van der Waals surface area contributed by atoms with E-state index in [4.69, 9.17) is 4.42 Å². The van der Waals surface area contributed by atoms with Crippen LogP contribution in [0.15, 0.2) is 40.0 Å². The van der Waals surface area contributed by atoms with Crippen LogP contribution in [0.1, 0.15) is 22.3 Å². The molecule has 0 aliphatic rings. The van der Waals surface area contributed by atoms with Gasteiger partial charge in [-0.15, -0.1) is 0 Å². The van der Waals surface area contributed by atoms with Gasteiger partial charge in [-0.3, -0.25) is 0 Å². The molecule has 4 nitrogen and oxygen atoms in total. The van der Waals surface area contributed by atoms with Gasteiger partial charge in [0.1, 0.15) is 0 Å². The fraction of sp³-hybridized carbons (Fsp3) is 0.286. The molecule has 1 aromatic heterocycles. The molecule has 0 aliphatic carbocycles. The van der Waals surface area contributed by atoms with E-state index in [2.05, 4.69) is 4.72 Å². The first-order valence-corrected chi connectivity index (χ1v) is 7.47. The maximum atomic E-state index is 12.3. The highest BCUT2D eigenvalue weighted by Crippen LogP contribution is 2.21. The Bertz CT molecular complexity index is 650. The van der Waals surface area contributed by atoms with Crippen molar-refractivity contribution in [3.63, 3.8) is 0 Å².